The number of alkyl halides is 3. The standard InChI is InChI=1S/C35H43ClF3N5O4/c36-30-21-24(5-6-29(30)35(37,38)39)23-48-33(47)44-19-12-28(43-18-11-27-3-1-2-4-31(27)41-32(43)46)22-34(44,13-20-45)42-16-9-26(10-17-42)25-7-14-40-15-8-25/h1-6,20-21,25-26,28,40H,7-19,22-23H2,(H,41,46)/t28-,34+/m1/s1. The Balaban J connectivity index is 1.23. The van der Waals surface area contributed by atoms with Gasteiger partial charge in [0, 0.05) is 50.7 Å². The van der Waals surface area contributed by atoms with Crippen molar-refractivity contribution < 1.29 is 32.3 Å². The first-order chi connectivity index (χ1) is 23.1. The van der Waals surface area contributed by atoms with Crippen molar-refractivity contribution in [2.45, 2.75) is 75.9 Å². The number of likely N-dealkylation sites (tertiary alicyclic amines) is 2. The summed E-state index contributed by atoms with van der Waals surface area (Å²) >= 11 is 5.92. The summed E-state index contributed by atoms with van der Waals surface area (Å²) < 4.78 is 45.5. The van der Waals surface area contributed by atoms with Crippen LogP contribution in [0.2, 0.25) is 5.02 Å². The van der Waals surface area contributed by atoms with Crippen LogP contribution in [0.5, 0.6) is 0 Å². The number of piperidine rings is 3. The van der Waals surface area contributed by atoms with Gasteiger partial charge in [0.25, 0.3) is 0 Å². The minimum Gasteiger partial charge on any atom is -0.444 e. The lowest BCUT2D eigenvalue weighted by Crippen LogP contribution is -2.69. The van der Waals surface area contributed by atoms with Crippen LogP contribution in [0.4, 0.5) is 28.4 Å². The minimum absolute atomic E-state index is 0.0401. The molecule has 0 saturated carbocycles. The molecule has 0 aromatic heterocycles. The molecule has 0 bridgehead atoms. The highest BCUT2D eigenvalue weighted by atomic mass is 35.5. The highest BCUT2D eigenvalue weighted by Crippen LogP contribution is 2.42. The van der Waals surface area contributed by atoms with Crippen LogP contribution in [0.3, 0.4) is 0 Å². The molecule has 9 nitrogen and oxygen atoms in total. The lowest BCUT2D eigenvalue weighted by atomic mass is 9.77. The van der Waals surface area contributed by atoms with Gasteiger partial charge in [0.15, 0.2) is 0 Å². The van der Waals surface area contributed by atoms with Crippen molar-refractivity contribution in [3.63, 3.8) is 0 Å². The largest absolute Gasteiger partial charge is 0.444 e. The highest BCUT2D eigenvalue weighted by Gasteiger charge is 2.52. The zero-order chi connectivity index (χ0) is 33.9. The molecular formula is C35H43ClF3N5O4. The molecule has 48 heavy (non-hydrogen) atoms. The smallest absolute Gasteiger partial charge is 0.417 e. The molecule has 0 radical (unpaired) electrons. The first-order valence-corrected chi connectivity index (χ1v) is 17.3. The number of carbonyl (C=O) groups is 3. The summed E-state index contributed by atoms with van der Waals surface area (Å²) in [5.74, 6) is 1.21. The number of nitrogens with one attached hydrogen (secondary N) is 2. The molecule has 13 heteroatoms. The van der Waals surface area contributed by atoms with Gasteiger partial charge in [0.1, 0.15) is 18.6 Å². The van der Waals surface area contributed by atoms with Gasteiger partial charge in [-0.3, -0.25) is 9.80 Å². The van der Waals surface area contributed by atoms with E-state index in [0.717, 1.165) is 68.4 Å². The number of hydrogen-bond donors (Lipinski definition) is 2. The molecule has 2 aromatic rings. The van der Waals surface area contributed by atoms with Crippen molar-refractivity contribution in [2.75, 3.05) is 44.6 Å². The van der Waals surface area contributed by atoms with Crippen molar-refractivity contribution in [1.29, 1.82) is 0 Å². The van der Waals surface area contributed by atoms with Crippen LogP contribution in [-0.2, 0) is 28.7 Å². The van der Waals surface area contributed by atoms with Gasteiger partial charge in [0.2, 0.25) is 0 Å². The second-order valence-corrected chi connectivity index (χ2v) is 13.9. The molecule has 0 aliphatic carbocycles. The summed E-state index contributed by atoms with van der Waals surface area (Å²) in [4.78, 5) is 45.7. The van der Waals surface area contributed by atoms with E-state index in [1.165, 1.54) is 6.07 Å². The van der Waals surface area contributed by atoms with E-state index in [9.17, 15) is 27.6 Å². The number of halogens is 4. The fourth-order valence-corrected chi connectivity index (χ4v) is 8.61. The average Bonchev–Trinajstić information content (AvgIpc) is 3.25. The molecule has 4 aliphatic rings. The van der Waals surface area contributed by atoms with E-state index in [-0.39, 0.29) is 31.6 Å². The van der Waals surface area contributed by atoms with Crippen LogP contribution < -0.4 is 10.6 Å². The normalized spacial score (nSPS) is 24.8. The SMILES string of the molecule is O=CC[C@@]1(N2CCC(C3CCNCC3)CC2)C[C@H](N2CCc3ccccc3NC2=O)CCN1C(=O)OCc1ccc(C(F)(F)F)c(Cl)c1. The molecule has 0 spiro atoms. The van der Waals surface area contributed by atoms with Gasteiger partial charge in [-0.15, -0.1) is 0 Å². The predicted octanol–water partition coefficient (Wildman–Crippen LogP) is 6.55. The van der Waals surface area contributed by atoms with Gasteiger partial charge in [-0.2, -0.15) is 13.2 Å². The number of aldehydes is 1. The fraction of sp³-hybridized carbons (Fsp3) is 0.571. The van der Waals surface area contributed by atoms with Crippen molar-refractivity contribution in [1.82, 2.24) is 20.0 Å². The molecule has 3 fully saturated rings. The maximum Gasteiger partial charge on any atom is 0.417 e. The number of amides is 3. The Kier molecular flexibility index (Phi) is 10.5. The van der Waals surface area contributed by atoms with Crippen molar-refractivity contribution in [3.05, 3.63) is 64.2 Å². The van der Waals surface area contributed by atoms with Gasteiger partial charge < -0.3 is 25.1 Å². The zero-order valence-electron chi connectivity index (χ0n) is 26.9. The number of rotatable bonds is 7. The number of nitrogens with zero attached hydrogens (tertiary/aromatic N) is 3. The Morgan fingerprint density at radius 2 is 1.73 bits per heavy atom. The highest BCUT2D eigenvalue weighted by molar-refractivity contribution is 6.31. The number of para-hydroxylation sites is 1. The Bertz CT molecular complexity index is 1480. The lowest BCUT2D eigenvalue weighted by Gasteiger charge is -2.56. The molecule has 2 atom stereocenters. The van der Waals surface area contributed by atoms with Gasteiger partial charge in [0.05, 0.1) is 10.6 Å². The zero-order valence-corrected chi connectivity index (χ0v) is 27.7. The summed E-state index contributed by atoms with van der Waals surface area (Å²) in [5, 5.41) is 6.02. The minimum atomic E-state index is -4.60. The van der Waals surface area contributed by atoms with Crippen molar-refractivity contribution in [3.8, 4) is 0 Å². The van der Waals surface area contributed by atoms with Gasteiger partial charge in [-0.05, 0) is 92.8 Å². The molecule has 3 saturated heterocycles. The molecule has 260 valence electrons. The summed E-state index contributed by atoms with van der Waals surface area (Å²) in [7, 11) is 0. The van der Waals surface area contributed by atoms with E-state index in [1.54, 1.807) is 4.90 Å². The molecule has 2 aromatic carbocycles. The van der Waals surface area contributed by atoms with E-state index in [2.05, 4.69) is 15.5 Å². The topological polar surface area (TPSA) is 94.2 Å². The number of fused-ring (bicyclic) bond motifs is 1. The Morgan fingerprint density at radius 1 is 1.00 bits per heavy atom. The third-order valence-electron chi connectivity index (χ3n) is 10.8. The van der Waals surface area contributed by atoms with Gasteiger partial charge in [-0.25, -0.2) is 9.59 Å². The second kappa shape index (κ2) is 14.6. The van der Waals surface area contributed by atoms with Gasteiger partial charge in [-0.1, -0.05) is 35.9 Å². The quantitative estimate of drug-likeness (QED) is 0.321. The Morgan fingerprint density at radius 3 is 2.44 bits per heavy atom. The number of benzene rings is 2. The molecule has 6 rings (SSSR count). The molecule has 2 N–H and O–H groups in total. The van der Waals surface area contributed by atoms with Crippen LogP contribution in [0.25, 0.3) is 0 Å². The van der Waals surface area contributed by atoms with Crippen LogP contribution in [0.1, 0.15) is 61.6 Å². The van der Waals surface area contributed by atoms with E-state index >= 15 is 0 Å². The summed E-state index contributed by atoms with van der Waals surface area (Å²) in [6, 6.07) is 10.6. The molecule has 3 amide bonds. The van der Waals surface area contributed by atoms with Gasteiger partial charge >= 0.3 is 18.3 Å². The van der Waals surface area contributed by atoms with E-state index in [1.807, 2.05) is 29.2 Å². The Hall–Kier alpha value is -3.35. The molecule has 4 aliphatic heterocycles. The van der Waals surface area contributed by atoms with E-state index in [4.69, 9.17) is 16.3 Å². The Labute approximate surface area is 284 Å². The van der Waals surface area contributed by atoms with E-state index < -0.39 is 28.5 Å². The van der Waals surface area contributed by atoms with Crippen LogP contribution >= 0.6 is 11.6 Å². The maximum absolute atomic E-state index is 13.9. The number of ether oxygens (including phenoxy) is 1. The molecule has 0 unspecified atom stereocenters. The average molecular weight is 690 g/mol. The fourth-order valence-electron chi connectivity index (χ4n) is 8.30. The molecule has 4 heterocycles. The number of anilines is 1. The second-order valence-electron chi connectivity index (χ2n) is 13.5. The summed E-state index contributed by atoms with van der Waals surface area (Å²) in [6.07, 6.45) is 1.34. The van der Waals surface area contributed by atoms with Crippen molar-refractivity contribution in [2.24, 2.45) is 11.8 Å². The predicted molar refractivity (Wildman–Crippen MR) is 176 cm³/mol. The monoisotopic (exact) mass is 689 g/mol. The summed E-state index contributed by atoms with van der Waals surface area (Å²) in [5.41, 5.74) is 0.170. The third-order valence-corrected chi connectivity index (χ3v) is 11.2. The van der Waals surface area contributed by atoms with E-state index in [0.29, 0.717) is 56.3 Å². The van der Waals surface area contributed by atoms with Crippen LogP contribution in [0, 0.1) is 11.8 Å². The number of urea groups is 1. The summed E-state index contributed by atoms with van der Waals surface area (Å²) in [6.45, 7) is 3.91. The first kappa shape index (κ1) is 34.5. The maximum atomic E-state index is 13.9. The number of carbonyl (C=O) groups excluding carboxylic acids is 3. The first-order valence-electron chi connectivity index (χ1n) is 16.9. The van der Waals surface area contributed by atoms with Crippen molar-refractivity contribution >= 4 is 35.7 Å². The van der Waals surface area contributed by atoms with Crippen LogP contribution in [0.15, 0.2) is 42.5 Å². The number of hydrogen-bond acceptors (Lipinski definition) is 6. The lowest BCUT2D eigenvalue weighted by molar-refractivity contribution is -0.137. The molecular weight excluding hydrogens is 647 g/mol. The van der Waals surface area contributed by atoms with Crippen LogP contribution in [-0.4, -0.2) is 84.1 Å². The third kappa shape index (κ3) is 7.30.